The standard InChI is InChI=1S/C26H24Cl2N4O2/c1-4-34-10-9-17-13-23(30-29-17)15-5-8-24-19(11-15)20-14-21(18-7-6-16(27)12-22(18)28)26(33)32(3)25(20)31(24)2/h5-8,11-14H,4,9-10H2,1-3H3,(H,29,30). The van der Waals surface area contributed by atoms with E-state index in [9.17, 15) is 4.79 Å². The Hall–Kier alpha value is -3.06. The molecule has 0 amide bonds. The minimum Gasteiger partial charge on any atom is -0.381 e. The Bertz CT molecular complexity index is 1600. The van der Waals surface area contributed by atoms with Crippen LogP contribution in [0.2, 0.25) is 10.0 Å². The van der Waals surface area contributed by atoms with E-state index in [0.717, 1.165) is 45.3 Å². The van der Waals surface area contributed by atoms with Gasteiger partial charge in [-0.1, -0.05) is 35.3 Å². The van der Waals surface area contributed by atoms with Crippen molar-refractivity contribution in [3.63, 3.8) is 0 Å². The van der Waals surface area contributed by atoms with Crippen LogP contribution in [-0.2, 0) is 25.3 Å². The van der Waals surface area contributed by atoms with E-state index in [-0.39, 0.29) is 5.56 Å². The third-order valence-corrected chi connectivity index (χ3v) is 6.76. The summed E-state index contributed by atoms with van der Waals surface area (Å²) in [6.07, 6.45) is 0.782. The molecule has 0 atom stereocenters. The summed E-state index contributed by atoms with van der Waals surface area (Å²) < 4.78 is 9.17. The maximum Gasteiger partial charge on any atom is 0.259 e. The molecular weight excluding hydrogens is 471 g/mol. The Balaban J connectivity index is 1.68. The monoisotopic (exact) mass is 494 g/mol. The Morgan fingerprint density at radius 3 is 2.56 bits per heavy atom. The Kier molecular flexibility index (Phi) is 5.98. The van der Waals surface area contributed by atoms with Crippen LogP contribution in [0.4, 0.5) is 0 Å². The number of nitrogens with one attached hydrogen (secondary N) is 1. The van der Waals surface area contributed by atoms with Gasteiger partial charge in [0.2, 0.25) is 0 Å². The number of halogens is 2. The van der Waals surface area contributed by atoms with Crippen LogP contribution >= 0.6 is 23.2 Å². The molecule has 3 aromatic heterocycles. The van der Waals surface area contributed by atoms with E-state index in [2.05, 4.69) is 34.5 Å². The third-order valence-electron chi connectivity index (χ3n) is 6.22. The van der Waals surface area contributed by atoms with Crippen LogP contribution in [0, 0.1) is 0 Å². The first-order valence-corrected chi connectivity index (χ1v) is 11.8. The summed E-state index contributed by atoms with van der Waals surface area (Å²) in [6.45, 7) is 3.34. The number of nitrogens with zero attached hydrogens (tertiary/aromatic N) is 3. The number of fused-ring (bicyclic) bond motifs is 3. The van der Waals surface area contributed by atoms with Gasteiger partial charge in [-0.25, -0.2) is 0 Å². The highest BCUT2D eigenvalue weighted by Crippen LogP contribution is 2.35. The molecule has 0 aliphatic rings. The lowest BCUT2D eigenvalue weighted by molar-refractivity contribution is 0.150. The van der Waals surface area contributed by atoms with Gasteiger partial charge in [0, 0.05) is 65.3 Å². The number of pyridine rings is 1. The molecule has 5 aromatic rings. The average Bonchev–Trinajstić information content (AvgIpc) is 3.39. The Morgan fingerprint density at radius 1 is 0.971 bits per heavy atom. The van der Waals surface area contributed by atoms with Crippen molar-refractivity contribution in [2.45, 2.75) is 13.3 Å². The molecule has 8 heteroatoms. The second kappa shape index (κ2) is 8.95. The molecule has 34 heavy (non-hydrogen) atoms. The Morgan fingerprint density at radius 2 is 1.79 bits per heavy atom. The zero-order valence-electron chi connectivity index (χ0n) is 19.2. The number of aryl methyl sites for hydroxylation is 2. The highest BCUT2D eigenvalue weighted by molar-refractivity contribution is 6.36. The van der Waals surface area contributed by atoms with Crippen molar-refractivity contribution in [1.82, 2.24) is 19.3 Å². The molecule has 5 rings (SSSR count). The number of hydrogen-bond acceptors (Lipinski definition) is 3. The van der Waals surface area contributed by atoms with E-state index in [1.165, 1.54) is 0 Å². The molecule has 3 heterocycles. The van der Waals surface area contributed by atoms with Gasteiger partial charge in [0.1, 0.15) is 5.65 Å². The smallest absolute Gasteiger partial charge is 0.259 e. The molecule has 0 unspecified atom stereocenters. The fourth-order valence-electron chi connectivity index (χ4n) is 4.51. The molecule has 174 valence electrons. The summed E-state index contributed by atoms with van der Waals surface area (Å²) in [5.74, 6) is 0. The summed E-state index contributed by atoms with van der Waals surface area (Å²) >= 11 is 12.5. The number of aromatic amines is 1. The molecule has 0 saturated heterocycles. The minimum absolute atomic E-state index is 0.117. The van der Waals surface area contributed by atoms with Gasteiger partial charge in [0.15, 0.2) is 0 Å². The molecule has 0 aliphatic carbocycles. The molecule has 1 N–H and O–H groups in total. The summed E-state index contributed by atoms with van der Waals surface area (Å²) in [4.78, 5) is 13.3. The predicted octanol–water partition coefficient (Wildman–Crippen LogP) is 5.97. The third kappa shape index (κ3) is 3.82. The summed E-state index contributed by atoms with van der Waals surface area (Å²) in [6, 6.07) is 15.4. The molecule has 2 aromatic carbocycles. The average molecular weight is 495 g/mol. The molecular formula is C26H24Cl2N4O2. The summed E-state index contributed by atoms with van der Waals surface area (Å²) in [7, 11) is 3.76. The maximum atomic E-state index is 13.3. The molecule has 0 radical (unpaired) electrons. The predicted molar refractivity (Wildman–Crippen MR) is 139 cm³/mol. The van der Waals surface area contributed by atoms with Gasteiger partial charge < -0.3 is 9.30 Å². The van der Waals surface area contributed by atoms with Crippen molar-refractivity contribution in [2.75, 3.05) is 13.2 Å². The topological polar surface area (TPSA) is 64.8 Å². The first-order valence-electron chi connectivity index (χ1n) is 11.1. The number of ether oxygens (including phenoxy) is 1. The molecule has 0 aliphatic heterocycles. The molecule has 0 spiro atoms. The van der Waals surface area contributed by atoms with Gasteiger partial charge in [-0.05, 0) is 43.3 Å². The molecule has 0 bridgehead atoms. The van der Waals surface area contributed by atoms with Crippen molar-refractivity contribution < 1.29 is 4.74 Å². The second-order valence-corrected chi connectivity index (χ2v) is 9.14. The first-order chi connectivity index (χ1) is 16.4. The van der Waals surface area contributed by atoms with Crippen LogP contribution < -0.4 is 5.56 Å². The van der Waals surface area contributed by atoms with Crippen molar-refractivity contribution in [3.05, 3.63) is 74.6 Å². The maximum absolute atomic E-state index is 13.3. The molecule has 6 nitrogen and oxygen atoms in total. The van der Waals surface area contributed by atoms with Gasteiger partial charge in [0.05, 0.1) is 22.8 Å². The van der Waals surface area contributed by atoms with Gasteiger partial charge in [0.25, 0.3) is 5.56 Å². The van der Waals surface area contributed by atoms with Gasteiger partial charge in [-0.2, -0.15) is 5.10 Å². The Labute approximate surface area is 206 Å². The minimum atomic E-state index is -0.117. The first kappa shape index (κ1) is 22.7. The van der Waals surface area contributed by atoms with E-state index < -0.39 is 0 Å². The largest absolute Gasteiger partial charge is 0.381 e. The van der Waals surface area contributed by atoms with E-state index in [4.69, 9.17) is 27.9 Å². The van der Waals surface area contributed by atoms with Crippen LogP contribution in [0.5, 0.6) is 0 Å². The normalized spacial score (nSPS) is 11.7. The van der Waals surface area contributed by atoms with Crippen LogP contribution in [0.25, 0.3) is 44.3 Å². The van der Waals surface area contributed by atoms with Crippen molar-refractivity contribution in [2.24, 2.45) is 14.1 Å². The van der Waals surface area contributed by atoms with Crippen LogP contribution in [0.15, 0.2) is 53.3 Å². The second-order valence-electron chi connectivity index (χ2n) is 8.30. The highest BCUT2D eigenvalue weighted by atomic mass is 35.5. The van der Waals surface area contributed by atoms with Crippen LogP contribution in [0.1, 0.15) is 12.6 Å². The van der Waals surface area contributed by atoms with E-state index >= 15 is 0 Å². The summed E-state index contributed by atoms with van der Waals surface area (Å²) in [5.41, 5.74) is 5.85. The zero-order valence-corrected chi connectivity index (χ0v) is 20.7. The van der Waals surface area contributed by atoms with Gasteiger partial charge in [-0.3, -0.25) is 14.5 Å². The SMILES string of the molecule is CCOCCc1cc(-c2ccc3c(c2)c2cc(-c4ccc(Cl)cc4Cl)c(=O)n(C)c2n3C)n[nH]1. The highest BCUT2D eigenvalue weighted by Gasteiger charge is 2.18. The lowest BCUT2D eigenvalue weighted by Gasteiger charge is -2.09. The van der Waals surface area contributed by atoms with Crippen molar-refractivity contribution in [1.29, 1.82) is 0 Å². The van der Waals surface area contributed by atoms with Crippen LogP contribution in [0.3, 0.4) is 0 Å². The number of hydrogen-bond donors (Lipinski definition) is 1. The number of aromatic nitrogens is 4. The number of H-pyrrole nitrogens is 1. The summed E-state index contributed by atoms with van der Waals surface area (Å²) in [5, 5.41) is 10.6. The number of rotatable bonds is 6. The van der Waals surface area contributed by atoms with Gasteiger partial charge in [-0.15, -0.1) is 0 Å². The van der Waals surface area contributed by atoms with Gasteiger partial charge >= 0.3 is 0 Å². The molecule has 0 saturated carbocycles. The fourth-order valence-corrected chi connectivity index (χ4v) is 5.02. The van der Waals surface area contributed by atoms with Crippen LogP contribution in [-0.4, -0.2) is 32.5 Å². The number of benzene rings is 2. The molecule has 0 fully saturated rings. The van der Waals surface area contributed by atoms with Crippen molar-refractivity contribution in [3.8, 4) is 22.4 Å². The van der Waals surface area contributed by atoms with E-state index in [0.29, 0.717) is 34.4 Å². The lowest BCUT2D eigenvalue weighted by Crippen LogP contribution is -2.20. The van der Waals surface area contributed by atoms with Crippen molar-refractivity contribution >= 4 is 45.1 Å². The quantitative estimate of drug-likeness (QED) is 0.295. The van der Waals surface area contributed by atoms with E-state index in [1.54, 1.807) is 29.8 Å². The fraction of sp³-hybridized carbons (Fsp3) is 0.231. The zero-order chi connectivity index (χ0) is 24.0. The lowest BCUT2D eigenvalue weighted by atomic mass is 10.0. The van der Waals surface area contributed by atoms with E-state index in [1.807, 2.05) is 24.6 Å².